The van der Waals surface area contributed by atoms with Crippen molar-refractivity contribution in [3.8, 4) is 0 Å². The molecule has 0 N–H and O–H groups in total. The lowest BCUT2D eigenvalue weighted by Gasteiger charge is -2.17. The van der Waals surface area contributed by atoms with Crippen LogP contribution in [0, 0.1) is 0 Å². The van der Waals surface area contributed by atoms with Gasteiger partial charge < -0.3 is 0 Å². The molecule has 0 saturated carbocycles. The van der Waals surface area contributed by atoms with Crippen LogP contribution >= 0.6 is 0 Å². The predicted molar refractivity (Wildman–Crippen MR) is 78.0 cm³/mol. The maximum absolute atomic E-state index is 8.32. The van der Waals surface area contributed by atoms with E-state index in [1.807, 2.05) is 12.1 Å². The van der Waals surface area contributed by atoms with Gasteiger partial charge in [0.25, 0.3) is 0 Å². The molecule has 0 atom stereocenters. The maximum atomic E-state index is 8.32. The Hall–Kier alpha value is -2.25. The largest absolute Gasteiger partial charge is 0.0940 e. The lowest BCUT2D eigenvalue weighted by atomic mass is 9.87. The first-order valence-electron chi connectivity index (χ1n) is 6.52. The molecule has 0 aliphatic heterocycles. The second-order valence-corrected chi connectivity index (χ2v) is 4.47. The zero-order chi connectivity index (χ0) is 13.3. The minimum atomic E-state index is 0.372. The van der Waals surface area contributed by atoms with Gasteiger partial charge in [-0.25, -0.2) is 0 Å². The fraction of sp³-hybridized carbons (Fsp3) is 0.250. The number of nitrogens with zero attached hydrogens (tertiary/aromatic N) is 3. The first-order chi connectivity index (χ1) is 9.42. The molecule has 3 heteroatoms. The van der Waals surface area contributed by atoms with Crippen molar-refractivity contribution in [1.82, 2.24) is 0 Å². The summed E-state index contributed by atoms with van der Waals surface area (Å²) in [7, 11) is 0. The number of benzene rings is 2. The van der Waals surface area contributed by atoms with Crippen molar-refractivity contribution in [2.45, 2.75) is 18.8 Å². The lowest BCUT2D eigenvalue weighted by Crippen LogP contribution is -2.01. The van der Waals surface area contributed by atoms with Gasteiger partial charge in [0.1, 0.15) is 0 Å². The van der Waals surface area contributed by atoms with Crippen LogP contribution in [-0.4, -0.2) is 6.54 Å². The van der Waals surface area contributed by atoms with Crippen molar-refractivity contribution in [2.24, 2.45) is 5.11 Å². The van der Waals surface area contributed by atoms with Crippen LogP contribution in [-0.2, 0) is 0 Å². The molecule has 0 heterocycles. The number of rotatable bonds is 6. The highest BCUT2D eigenvalue weighted by molar-refractivity contribution is 5.32. The van der Waals surface area contributed by atoms with E-state index in [-0.39, 0.29) is 0 Å². The minimum absolute atomic E-state index is 0.372. The molecular formula is C16H17N3. The molecule has 0 radical (unpaired) electrons. The maximum Gasteiger partial charge on any atom is 0.0258 e. The van der Waals surface area contributed by atoms with Gasteiger partial charge in [0.05, 0.1) is 0 Å². The van der Waals surface area contributed by atoms with Crippen molar-refractivity contribution in [2.75, 3.05) is 6.54 Å². The molecule has 0 amide bonds. The van der Waals surface area contributed by atoms with Crippen LogP contribution in [0.1, 0.15) is 29.9 Å². The van der Waals surface area contributed by atoms with Crippen molar-refractivity contribution < 1.29 is 0 Å². The van der Waals surface area contributed by atoms with Crippen molar-refractivity contribution >= 4 is 0 Å². The Morgan fingerprint density at radius 3 is 1.89 bits per heavy atom. The molecule has 0 bridgehead atoms. The third-order valence-corrected chi connectivity index (χ3v) is 3.22. The molecule has 0 aliphatic rings. The molecule has 2 aromatic carbocycles. The van der Waals surface area contributed by atoms with E-state index in [2.05, 4.69) is 58.6 Å². The van der Waals surface area contributed by atoms with E-state index in [9.17, 15) is 0 Å². The Balaban J connectivity index is 2.16. The summed E-state index contributed by atoms with van der Waals surface area (Å²) >= 11 is 0. The predicted octanol–water partition coefficient (Wildman–Crippen LogP) is 4.91. The molecule has 19 heavy (non-hydrogen) atoms. The van der Waals surface area contributed by atoms with Gasteiger partial charge in [-0.05, 0) is 29.5 Å². The van der Waals surface area contributed by atoms with Gasteiger partial charge in [-0.15, -0.1) is 0 Å². The van der Waals surface area contributed by atoms with Crippen LogP contribution in [0.4, 0.5) is 0 Å². The second kappa shape index (κ2) is 7.24. The zero-order valence-electron chi connectivity index (χ0n) is 10.8. The van der Waals surface area contributed by atoms with E-state index in [0.717, 1.165) is 12.8 Å². The normalized spacial score (nSPS) is 10.2. The Labute approximate surface area is 113 Å². The summed E-state index contributed by atoms with van der Waals surface area (Å²) in [4.78, 5) is 2.80. The molecule has 0 spiro atoms. The Morgan fingerprint density at radius 1 is 0.895 bits per heavy atom. The molecule has 2 rings (SSSR count). The first-order valence-corrected chi connectivity index (χ1v) is 6.52. The summed E-state index contributed by atoms with van der Waals surface area (Å²) in [5, 5.41) is 3.61. The zero-order valence-corrected chi connectivity index (χ0v) is 10.8. The average molecular weight is 251 g/mol. The highest BCUT2D eigenvalue weighted by atomic mass is 15.1. The molecule has 0 aliphatic carbocycles. The standard InChI is InChI=1S/C16H17N3/c17-19-18-13-7-12-16(14-8-3-1-4-9-14)15-10-5-2-6-11-15/h1-6,8-11,16H,7,12-13H2. The smallest absolute Gasteiger partial charge is 0.0258 e. The number of hydrogen-bond donors (Lipinski definition) is 0. The summed E-state index contributed by atoms with van der Waals surface area (Å²) in [5.41, 5.74) is 11.0. The Morgan fingerprint density at radius 2 is 1.42 bits per heavy atom. The molecule has 0 unspecified atom stereocenters. The monoisotopic (exact) mass is 251 g/mol. The van der Waals surface area contributed by atoms with Crippen molar-refractivity contribution in [3.63, 3.8) is 0 Å². The van der Waals surface area contributed by atoms with Gasteiger partial charge >= 0.3 is 0 Å². The van der Waals surface area contributed by atoms with Crippen LogP contribution in [0.25, 0.3) is 10.4 Å². The summed E-state index contributed by atoms with van der Waals surface area (Å²) in [5.74, 6) is 0.372. The van der Waals surface area contributed by atoms with Gasteiger partial charge in [-0.3, -0.25) is 0 Å². The van der Waals surface area contributed by atoms with E-state index in [1.165, 1.54) is 11.1 Å². The highest BCUT2D eigenvalue weighted by Gasteiger charge is 2.12. The van der Waals surface area contributed by atoms with E-state index < -0.39 is 0 Å². The summed E-state index contributed by atoms with van der Waals surface area (Å²) in [6.07, 6.45) is 1.89. The van der Waals surface area contributed by atoms with E-state index in [1.54, 1.807) is 0 Å². The van der Waals surface area contributed by atoms with Crippen LogP contribution in [0.5, 0.6) is 0 Å². The van der Waals surface area contributed by atoms with Crippen LogP contribution < -0.4 is 0 Å². The van der Waals surface area contributed by atoms with E-state index in [0.29, 0.717) is 12.5 Å². The molecule has 96 valence electrons. The summed E-state index contributed by atoms with van der Waals surface area (Å²) in [6.45, 7) is 0.562. The van der Waals surface area contributed by atoms with Gasteiger partial charge in [0.2, 0.25) is 0 Å². The van der Waals surface area contributed by atoms with Crippen LogP contribution in [0.15, 0.2) is 65.8 Å². The quantitative estimate of drug-likeness (QED) is 0.303. The first kappa shape index (κ1) is 13.2. The Bertz CT molecular complexity index is 491. The Kier molecular flexibility index (Phi) is 5.03. The molecule has 0 fully saturated rings. The molecule has 3 nitrogen and oxygen atoms in total. The van der Waals surface area contributed by atoms with E-state index >= 15 is 0 Å². The van der Waals surface area contributed by atoms with Crippen molar-refractivity contribution in [3.05, 3.63) is 82.2 Å². The van der Waals surface area contributed by atoms with E-state index in [4.69, 9.17) is 5.53 Å². The van der Waals surface area contributed by atoms with Gasteiger partial charge in [0.15, 0.2) is 0 Å². The fourth-order valence-corrected chi connectivity index (χ4v) is 2.31. The lowest BCUT2D eigenvalue weighted by molar-refractivity contribution is 0.668. The fourth-order valence-electron chi connectivity index (χ4n) is 2.31. The molecule has 0 saturated heterocycles. The van der Waals surface area contributed by atoms with Gasteiger partial charge in [-0.1, -0.05) is 65.8 Å². The third kappa shape index (κ3) is 3.87. The third-order valence-electron chi connectivity index (χ3n) is 3.22. The topological polar surface area (TPSA) is 48.8 Å². The summed E-state index contributed by atoms with van der Waals surface area (Å²) in [6, 6.07) is 21.0. The molecular weight excluding hydrogens is 234 g/mol. The van der Waals surface area contributed by atoms with Gasteiger partial charge in [-0.2, -0.15) is 0 Å². The molecule has 2 aromatic rings. The summed E-state index contributed by atoms with van der Waals surface area (Å²) < 4.78 is 0. The van der Waals surface area contributed by atoms with Crippen LogP contribution in [0.2, 0.25) is 0 Å². The average Bonchev–Trinajstić information content (AvgIpc) is 2.49. The highest BCUT2D eigenvalue weighted by Crippen LogP contribution is 2.28. The minimum Gasteiger partial charge on any atom is -0.0940 e. The number of azide groups is 1. The number of hydrogen-bond acceptors (Lipinski definition) is 1. The molecule has 0 aromatic heterocycles. The van der Waals surface area contributed by atoms with Gasteiger partial charge in [0, 0.05) is 17.4 Å². The van der Waals surface area contributed by atoms with Crippen molar-refractivity contribution in [1.29, 1.82) is 0 Å². The second-order valence-electron chi connectivity index (χ2n) is 4.47. The van der Waals surface area contributed by atoms with Crippen LogP contribution in [0.3, 0.4) is 0 Å². The SMILES string of the molecule is [N-]=[N+]=NCCCC(c1ccccc1)c1ccccc1.